The van der Waals surface area contributed by atoms with Gasteiger partial charge in [-0.25, -0.2) is 0 Å². The second kappa shape index (κ2) is 11.4. The van der Waals surface area contributed by atoms with Gasteiger partial charge in [-0.15, -0.1) is 0 Å². The summed E-state index contributed by atoms with van der Waals surface area (Å²) in [5, 5.41) is 0. The van der Waals surface area contributed by atoms with Crippen LogP contribution < -0.4 is 0 Å². The summed E-state index contributed by atoms with van der Waals surface area (Å²) in [6.07, 6.45) is 11.1. The fraction of sp³-hybridized carbons (Fsp3) is 0.882. The van der Waals surface area contributed by atoms with Crippen LogP contribution in [0.1, 0.15) is 73.1 Å². The molecule has 0 unspecified atom stereocenters. The maximum absolute atomic E-state index is 2.37. The number of hydrogen-bond acceptors (Lipinski definition) is 0. The molecule has 0 bridgehead atoms. The third-order valence-corrected chi connectivity index (χ3v) is 20.2. The summed E-state index contributed by atoms with van der Waals surface area (Å²) < 4.78 is 6.49. The predicted molar refractivity (Wildman–Crippen MR) is 89.1 cm³/mol. The Labute approximate surface area is 121 Å². The van der Waals surface area contributed by atoms with Gasteiger partial charge in [0.2, 0.25) is 0 Å². The Morgan fingerprint density at radius 2 is 1.22 bits per heavy atom. The molecule has 0 spiro atoms. The molecule has 0 amide bonds. The van der Waals surface area contributed by atoms with E-state index in [2.05, 4.69) is 40.7 Å². The zero-order valence-corrected chi connectivity index (χ0v) is 16.5. The van der Waals surface area contributed by atoms with Gasteiger partial charge in [0, 0.05) is 0 Å². The number of hydrogen-bond donors (Lipinski definition) is 0. The van der Waals surface area contributed by atoms with Crippen molar-refractivity contribution < 1.29 is 0 Å². The van der Waals surface area contributed by atoms with Crippen LogP contribution in [-0.4, -0.2) is 18.4 Å². The summed E-state index contributed by atoms with van der Waals surface area (Å²) in [5.41, 5.74) is 1.69. The Bertz CT molecular complexity index is 196. The second-order valence-corrected chi connectivity index (χ2v) is 20.0. The van der Waals surface area contributed by atoms with Gasteiger partial charge in [-0.3, -0.25) is 0 Å². The molecule has 0 aromatic heterocycles. The summed E-state index contributed by atoms with van der Waals surface area (Å²) in [6, 6.07) is 0. The molecule has 0 aliphatic heterocycles. The predicted octanol–water partition coefficient (Wildman–Crippen LogP) is 6.80. The van der Waals surface area contributed by atoms with Crippen molar-refractivity contribution in [1.82, 2.24) is 0 Å². The summed E-state index contributed by atoms with van der Waals surface area (Å²) in [4.78, 5) is 0. The van der Waals surface area contributed by atoms with E-state index in [0.29, 0.717) is 0 Å². The first kappa shape index (κ1) is 18.5. The average molecular weight is 359 g/mol. The topological polar surface area (TPSA) is 0 Å². The quantitative estimate of drug-likeness (QED) is 0.281. The first-order valence-electron chi connectivity index (χ1n) is 8.26. The minimum absolute atomic E-state index is 1.39. The molecular formula is C17H36Sn. The van der Waals surface area contributed by atoms with E-state index >= 15 is 0 Å². The zero-order chi connectivity index (χ0) is 13.9. The average Bonchev–Trinajstić information content (AvgIpc) is 2.40. The van der Waals surface area contributed by atoms with Crippen LogP contribution in [0.4, 0.5) is 0 Å². The molecule has 0 aliphatic carbocycles. The molecule has 0 N–H and O–H groups in total. The molecule has 108 valence electrons. The number of allylic oxidation sites excluding steroid dienone is 2. The van der Waals surface area contributed by atoms with Crippen molar-refractivity contribution in [3.63, 3.8) is 0 Å². The summed E-state index contributed by atoms with van der Waals surface area (Å²) in [6.45, 7) is 11.7. The molecule has 0 aromatic carbocycles. The SMILES string of the molecule is C/C=C(/C)[CH2][Sn]([CH2]CCC)([CH2]CCC)[CH2]CCC. The number of unbranched alkanes of at least 4 members (excludes halogenated alkanes) is 3. The van der Waals surface area contributed by atoms with Crippen LogP contribution in [0.15, 0.2) is 11.6 Å². The molecular weight excluding hydrogens is 323 g/mol. The third-order valence-electron chi connectivity index (χ3n) is 4.33. The van der Waals surface area contributed by atoms with Crippen LogP contribution in [0.2, 0.25) is 17.7 Å². The molecule has 0 atom stereocenters. The van der Waals surface area contributed by atoms with E-state index in [1.165, 1.54) is 38.5 Å². The van der Waals surface area contributed by atoms with Crippen molar-refractivity contribution in [1.29, 1.82) is 0 Å². The van der Waals surface area contributed by atoms with E-state index in [0.717, 1.165) is 0 Å². The van der Waals surface area contributed by atoms with E-state index in [1.54, 1.807) is 23.3 Å². The van der Waals surface area contributed by atoms with Gasteiger partial charge in [-0.2, -0.15) is 0 Å². The molecule has 18 heavy (non-hydrogen) atoms. The van der Waals surface area contributed by atoms with Gasteiger partial charge in [0.1, 0.15) is 0 Å². The van der Waals surface area contributed by atoms with Gasteiger partial charge in [-0.1, -0.05) is 0 Å². The Balaban J connectivity index is 4.72. The molecule has 0 saturated heterocycles. The first-order valence-corrected chi connectivity index (χ1v) is 16.3. The van der Waals surface area contributed by atoms with E-state index in [-0.39, 0.29) is 0 Å². The summed E-state index contributed by atoms with van der Waals surface area (Å²) in [5.74, 6) is 0. The van der Waals surface area contributed by atoms with Gasteiger partial charge in [-0.05, 0) is 0 Å². The van der Waals surface area contributed by atoms with E-state index in [9.17, 15) is 0 Å². The van der Waals surface area contributed by atoms with E-state index < -0.39 is 18.4 Å². The van der Waals surface area contributed by atoms with E-state index in [4.69, 9.17) is 0 Å². The van der Waals surface area contributed by atoms with E-state index in [1.807, 2.05) is 0 Å². The standard InChI is InChI=1S/C5H9.3C4H9.Sn/c1-4-5(2)3;3*1-3-4-2;/h4H,2H2,1,3H3;3*1,3-4H2,2H3;/b5-4+;;;;. The van der Waals surface area contributed by atoms with Crippen molar-refractivity contribution in [2.75, 3.05) is 0 Å². The van der Waals surface area contributed by atoms with Gasteiger partial charge in [0.15, 0.2) is 0 Å². The van der Waals surface area contributed by atoms with Crippen LogP contribution in [-0.2, 0) is 0 Å². The maximum atomic E-state index is 2.37. The Hall–Kier alpha value is 0.539. The molecule has 0 fully saturated rings. The Morgan fingerprint density at radius 1 is 0.833 bits per heavy atom. The fourth-order valence-electron chi connectivity index (χ4n) is 2.99. The molecule has 0 aliphatic rings. The van der Waals surface area contributed by atoms with Gasteiger partial charge in [0.05, 0.1) is 0 Å². The van der Waals surface area contributed by atoms with Crippen molar-refractivity contribution in [3.05, 3.63) is 11.6 Å². The molecule has 0 radical (unpaired) electrons. The molecule has 1 heteroatoms. The van der Waals surface area contributed by atoms with Crippen molar-refractivity contribution in [3.8, 4) is 0 Å². The normalized spacial score (nSPS) is 13.1. The summed E-state index contributed by atoms with van der Waals surface area (Å²) in [7, 11) is 0. The third kappa shape index (κ3) is 7.86. The monoisotopic (exact) mass is 360 g/mol. The van der Waals surface area contributed by atoms with Gasteiger partial charge < -0.3 is 0 Å². The van der Waals surface area contributed by atoms with Crippen molar-refractivity contribution in [2.45, 2.75) is 90.9 Å². The minimum atomic E-state index is -1.84. The first-order chi connectivity index (χ1) is 8.64. The molecule has 0 aromatic rings. The zero-order valence-electron chi connectivity index (χ0n) is 13.6. The van der Waals surface area contributed by atoms with Crippen LogP contribution in [0, 0.1) is 0 Å². The second-order valence-electron chi connectivity index (χ2n) is 6.12. The van der Waals surface area contributed by atoms with Crippen LogP contribution in [0.25, 0.3) is 0 Å². The molecule has 0 nitrogen and oxygen atoms in total. The Morgan fingerprint density at radius 3 is 1.50 bits per heavy atom. The fourth-order valence-corrected chi connectivity index (χ4v) is 20.1. The van der Waals surface area contributed by atoms with Gasteiger partial charge in [0.25, 0.3) is 0 Å². The molecule has 0 heterocycles. The van der Waals surface area contributed by atoms with Gasteiger partial charge >= 0.3 is 121 Å². The molecule has 0 saturated carbocycles. The molecule has 0 rings (SSSR count). The van der Waals surface area contributed by atoms with Crippen LogP contribution >= 0.6 is 0 Å². The Kier molecular flexibility index (Phi) is 11.7. The number of rotatable bonds is 11. The van der Waals surface area contributed by atoms with Crippen LogP contribution in [0.3, 0.4) is 0 Å². The van der Waals surface area contributed by atoms with Crippen LogP contribution in [0.5, 0.6) is 0 Å². The van der Waals surface area contributed by atoms with Crippen molar-refractivity contribution in [2.24, 2.45) is 0 Å². The van der Waals surface area contributed by atoms with Crippen molar-refractivity contribution >= 4 is 18.4 Å². The summed E-state index contributed by atoms with van der Waals surface area (Å²) >= 11 is -1.84.